The quantitative estimate of drug-likeness (QED) is 0.573. The second-order valence-corrected chi connectivity index (χ2v) is 5.41. The van der Waals surface area contributed by atoms with Gasteiger partial charge in [0, 0.05) is 19.2 Å². The summed E-state index contributed by atoms with van der Waals surface area (Å²) in [5.74, 6) is 0.489. The summed E-state index contributed by atoms with van der Waals surface area (Å²) >= 11 is 0. The van der Waals surface area contributed by atoms with Gasteiger partial charge in [-0.1, -0.05) is 42.5 Å². The minimum absolute atomic E-state index is 0.0840. The van der Waals surface area contributed by atoms with Gasteiger partial charge in [0.05, 0.1) is 13.5 Å². The van der Waals surface area contributed by atoms with Crippen LogP contribution in [0.15, 0.2) is 60.7 Å². The van der Waals surface area contributed by atoms with Crippen molar-refractivity contribution in [2.45, 2.75) is 6.42 Å². The Morgan fingerprint density at radius 3 is 2.32 bits per heavy atom. The number of hydrogen-bond acceptors (Lipinski definition) is 3. The lowest BCUT2D eigenvalue weighted by atomic mass is 10.1. The van der Waals surface area contributed by atoms with Crippen LogP contribution in [0.2, 0.25) is 0 Å². The first kappa shape index (κ1) is 18.3. The lowest BCUT2D eigenvalue weighted by Gasteiger charge is -2.06. The molecule has 0 saturated carbocycles. The van der Waals surface area contributed by atoms with Gasteiger partial charge in [0.1, 0.15) is 5.75 Å². The van der Waals surface area contributed by atoms with E-state index in [-0.39, 0.29) is 11.8 Å². The molecule has 0 fully saturated rings. The Morgan fingerprint density at radius 2 is 1.64 bits per heavy atom. The van der Waals surface area contributed by atoms with Gasteiger partial charge >= 0.3 is 0 Å². The van der Waals surface area contributed by atoms with Gasteiger partial charge in [-0.05, 0) is 29.3 Å². The minimum Gasteiger partial charge on any atom is -0.497 e. The maximum absolute atomic E-state index is 11.9. The van der Waals surface area contributed by atoms with E-state index >= 15 is 0 Å². The molecule has 0 aliphatic rings. The number of carbonyl (C=O) groups excluding carboxylic acids is 2. The van der Waals surface area contributed by atoms with Crippen LogP contribution in [0.3, 0.4) is 0 Å². The molecule has 0 saturated heterocycles. The predicted octanol–water partition coefficient (Wildman–Crippen LogP) is 2.18. The number of rotatable bonds is 8. The van der Waals surface area contributed by atoms with E-state index in [1.54, 1.807) is 13.2 Å². The summed E-state index contributed by atoms with van der Waals surface area (Å²) in [6.45, 7) is 0.770. The molecule has 0 heterocycles. The van der Waals surface area contributed by atoms with Gasteiger partial charge in [0.15, 0.2) is 0 Å². The van der Waals surface area contributed by atoms with E-state index in [0.29, 0.717) is 19.5 Å². The van der Waals surface area contributed by atoms with E-state index in [4.69, 9.17) is 4.74 Å². The Bertz CT molecular complexity index is 709. The molecule has 0 aliphatic heterocycles. The normalized spacial score (nSPS) is 10.4. The van der Waals surface area contributed by atoms with Crippen LogP contribution in [0, 0.1) is 0 Å². The van der Waals surface area contributed by atoms with E-state index < -0.39 is 0 Å². The van der Waals surface area contributed by atoms with Gasteiger partial charge in [-0.3, -0.25) is 9.59 Å². The molecule has 2 amide bonds. The lowest BCUT2D eigenvalue weighted by molar-refractivity contribution is -0.121. The molecular weight excluding hydrogens is 316 g/mol. The molecule has 0 atom stereocenters. The summed E-state index contributed by atoms with van der Waals surface area (Å²) in [5.41, 5.74) is 1.87. The van der Waals surface area contributed by atoms with Crippen molar-refractivity contribution in [3.63, 3.8) is 0 Å². The molecule has 2 aromatic carbocycles. The highest BCUT2D eigenvalue weighted by Gasteiger charge is 2.03. The Kier molecular flexibility index (Phi) is 7.25. The van der Waals surface area contributed by atoms with Gasteiger partial charge < -0.3 is 15.4 Å². The fourth-order valence-electron chi connectivity index (χ4n) is 2.17. The highest BCUT2D eigenvalue weighted by atomic mass is 16.5. The summed E-state index contributed by atoms with van der Waals surface area (Å²) in [4.78, 5) is 23.5. The van der Waals surface area contributed by atoms with Crippen molar-refractivity contribution in [3.05, 3.63) is 71.8 Å². The standard InChI is InChI=1S/C20H22N2O3/c1-25-18-10-7-17(8-11-18)15-20(24)22-14-13-21-19(23)12-9-16-5-3-2-4-6-16/h2-12H,13-15H2,1H3,(H,21,23)(H,22,24)/b12-9+. The molecule has 0 unspecified atom stereocenters. The van der Waals surface area contributed by atoms with E-state index in [9.17, 15) is 9.59 Å². The third-order valence-electron chi connectivity index (χ3n) is 3.50. The third kappa shape index (κ3) is 6.91. The van der Waals surface area contributed by atoms with Crippen molar-refractivity contribution in [2.24, 2.45) is 0 Å². The molecule has 5 heteroatoms. The van der Waals surface area contributed by atoms with Crippen molar-refractivity contribution in [1.82, 2.24) is 10.6 Å². The molecule has 0 aliphatic carbocycles. The van der Waals surface area contributed by atoms with Gasteiger partial charge in [0.25, 0.3) is 0 Å². The molecule has 25 heavy (non-hydrogen) atoms. The van der Waals surface area contributed by atoms with Crippen LogP contribution in [0.1, 0.15) is 11.1 Å². The van der Waals surface area contributed by atoms with Crippen molar-refractivity contribution >= 4 is 17.9 Å². The molecule has 0 spiro atoms. The molecule has 2 N–H and O–H groups in total. The first-order valence-corrected chi connectivity index (χ1v) is 8.08. The second kappa shape index (κ2) is 9.93. The summed E-state index contributed by atoms with van der Waals surface area (Å²) in [6, 6.07) is 16.9. The fraction of sp³-hybridized carbons (Fsp3) is 0.200. The Labute approximate surface area is 147 Å². The maximum atomic E-state index is 11.9. The molecule has 130 valence electrons. The van der Waals surface area contributed by atoms with Crippen molar-refractivity contribution < 1.29 is 14.3 Å². The molecule has 2 aromatic rings. The molecular formula is C20H22N2O3. The molecule has 2 rings (SSSR count). The molecule has 5 nitrogen and oxygen atoms in total. The first-order valence-electron chi connectivity index (χ1n) is 8.08. The number of hydrogen-bond donors (Lipinski definition) is 2. The van der Waals surface area contributed by atoms with Crippen molar-refractivity contribution in [3.8, 4) is 5.75 Å². The van der Waals surface area contributed by atoms with Gasteiger partial charge in [-0.2, -0.15) is 0 Å². The average Bonchev–Trinajstić information content (AvgIpc) is 2.65. The zero-order chi connectivity index (χ0) is 17.9. The highest BCUT2D eigenvalue weighted by Crippen LogP contribution is 2.11. The van der Waals surface area contributed by atoms with Crippen LogP contribution in [0.4, 0.5) is 0 Å². The topological polar surface area (TPSA) is 67.4 Å². The number of methoxy groups -OCH3 is 1. The number of carbonyl (C=O) groups is 2. The SMILES string of the molecule is COc1ccc(CC(=O)NCCNC(=O)/C=C/c2ccccc2)cc1. The van der Waals surface area contributed by atoms with Gasteiger partial charge in [-0.25, -0.2) is 0 Å². The summed E-state index contributed by atoms with van der Waals surface area (Å²) < 4.78 is 5.08. The molecule has 0 aromatic heterocycles. The minimum atomic E-state index is -0.187. The fourth-order valence-corrected chi connectivity index (χ4v) is 2.17. The van der Waals surface area contributed by atoms with Crippen molar-refractivity contribution in [2.75, 3.05) is 20.2 Å². The predicted molar refractivity (Wildman–Crippen MR) is 98.2 cm³/mol. The van der Waals surface area contributed by atoms with Crippen LogP contribution in [0.5, 0.6) is 5.75 Å². The smallest absolute Gasteiger partial charge is 0.244 e. The van der Waals surface area contributed by atoms with Gasteiger partial charge in [-0.15, -0.1) is 0 Å². The zero-order valence-electron chi connectivity index (χ0n) is 14.2. The van der Waals surface area contributed by atoms with Crippen LogP contribution in [-0.2, 0) is 16.0 Å². The Morgan fingerprint density at radius 1 is 0.960 bits per heavy atom. The monoisotopic (exact) mass is 338 g/mol. The lowest BCUT2D eigenvalue weighted by Crippen LogP contribution is -2.34. The number of nitrogens with one attached hydrogen (secondary N) is 2. The maximum Gasteiger partial charge on any atom is 0.244 e. The highest BCUT2D eigenvalue weighted by molar-refractivity contribution is 5.91. The summed E-state index contributed by atoms with van der Waals surface area (Å²) in [7, 11) is 1.60. The number of amides is 2. The largest absolute Gasteiger partial charge is 0.497 e. The van der Waals surface area contributed by atoms with Crippen LogP contribution >= 0.6 is 0 Å². The summed E-state index contributed by atoms with van der Waals surface area (Å²) in [6.07, 6.45) is 3.53. The van der Waals surface area contributed by atoms with E-state index in [0.717, 1.165) is 16.9 Å². The van der Waals surface area contributed by atoms with Crippen LogP contribution in [0.25, 0.3) is 6.08 Å². The Hall–Kier alpha value is -3.08. The van der Waals surface area contributed by atoms with E-state index in [2.05, 4.69) is 10.6 Å². The summed E-state index contributed by atoms with van der Waals surface area (Å²) in [5, 5.41) is 5.51. The van der Waals surface area contributed by atoms with Crippen LogP contribution < -0.4 is 15.4 Å². The van der Waals surface area contributed by atoms with Crippen molar-refractivity contribution in [1.29, 1.82) is 0 Å². The molecule has 0 radical (unpaired) electrons. The molecule has 0 bridgehead atoms. The third-order valence-corrected chi connectivity index (χ3v) is 3.50. The average molecular weight is 338 g/mol. The van der Waals surface area contributed by atoms with E-state index in [1.807, 2.05) is 54.6 Å². The van der Waals surface area contributed by atoms with Gasteiger partial charge in [0.2, 0.25) is 11.8 Å². The number of benzene rings is 2. The first-order chi connectivity index (χ1) is 12.2. The van der Waals surface area contributed by atoms with Crippen LogP contribution in [-0.4, -0.2) is 32.0 Å². The van der Waals surface area contributed by atoms with E-state index in [1.165, 1.54) is 6.08 Å². The second-order valence-electron chi connectivity index (χ2n) is 5.41. The number of ether oxygens (including phenoxy) is 1. The zero-order valence-corrected chi connectivity index (χ0v) is 14.2. The Balaban J connectivity index is 1.63.